The lowest BCUT2D eigenvalue weighted by molar-refractivity contribution is -0.139. The van der Waals surface area contributed by atoms with Crippen molar-refractivity contribution in [2.24, 2.45) is 5.73 Å². The number of carboxylic acids is 1. The van der Waals surface area contributed by atoms with Crippen LogP contribution in [0.25, 0.3) is 11.6 Å². The summed E-state index contributed by atoms with van der Waals surface area (Å²) < 4.78 is 0. The number of benzene rings is 1. The highest BCUT2D eigenvalue weighted by Gasteiger charge is 2.21. The first-order valence-electron chi connectivity index (χ1n) is 9.43. The van der Waals surface area contributed by atoms with E-state index in [2.05, 4.69) is 20.3 Å². The van der Waals surface area contributed by atoms with Gasteiger partial charge in [0.1, 0.15) is 16.9 Å². The van der Waals surface area contributed by atoms with Gasteiger partial charge in [0.25, 0.3) is 5.91 Å². The maximum absolute atomic E-state index is 12.6. The van der Waals surface area contributed by atoms with Crippen LogP contribution in [0.3, 0.4) is 0 Å². The molecule has 9 nitrogen and oxygen atoms in total. The van der Waals surface area contributed by atoms with Gasteiger partial charge in [-0.25, -0.2) is 14.8 Å². The number of rotatable bonds is 10. The SMILES string of the molecule is NC(=O)CC[C@H](NC(=O)c1cccc(C=C(Cc2ncc[nH]2)c2nccs2)c1)C(=O)O. The number of nitrogens with zero attached hydrogens (tertiary/aromatic N) is 2. The number of nitrogens with two attached hydrogens (primary N) is 1. The average molecular weight is 439 g/mol. The molecule has 0 aliphatic rings. The predicted octanol–water partition coefficient (Wildman–Crippen LogP) is 2.10. The molecule has 10 heteroatoms. The number of nitrogens with one attached hydrogen (secondary N) is 2. The fraction of sp³-hybridized carbons (Fsp3) is 0.190. The van der Waals surface area contributed by atoms with Crippen molar-refractivity contribution in [3.05, 3.63) is 70.2 Å². The number of primary amides is 1. The smallest absolute Gasteiger partial charge is 0.326 e. The van der Waals surface area contributed by atoms with Crippen LogP contribution in [0.1, 0.15) is 39.6 Å². The molecule has 0 saturated heterocycles. The Balaban J connectivity index is 1.81. The van der Waals surface area contributed by atoms with Crippen molar-refractivity contribution in [3.8, 4) is 0 Å². The summed E-state index contributed by atoms with van der Waals surface area (Å²) >= 11 is 1.50. The average Bonchev–Trinajstić information content (AvgIpc) is 3.44. The standard InChI is InChI=1S/C21H21N5O4S/c22-17(27)5-4-16(21(29)30)26-19(28)14-3-1-2-13(10-14)11-15(20-25-8-9-31-20)12-18-23-6-7-24-18/h1-3,6-11,16H,4-5,12H2,(H2,22,27)(H,23,24)(H,26,28)(H,29,30)/t16-/m0/s1. The molecule has 0 spiro atoms. The number of thiazole rings is 1. The summed E-state index contributed by atoms with van der Waals surface area (Å²) in [6.45, 7) is 0. The Morgan fingerprint density at radius 2 is 2.10 bits per heavy atom. The topological polar surface area (TPSA) is 151 Å². The highest BCUT2D eigenvalue weighted by molar-refractivity contribution is 7.10. The van der Waals surface area contributed by atoms with Crippen LogP contribution in [0, 0.1) is 0 Å². The van der Waals surface area contributed by atoms with E-state index in [1.807, 2.05) is 17.5 Å². The number of carbonyl (C=O) groups is 3. The summed E-state index contributed by atoms with van der Waals surface area (Å²) in [7, 11) is 0. The Morgan fingerprint density at radius 3 is 2.74 bits per heavy atom. The van der Waals surface area contributed by atoms with E-state index < -0.39 is 23.8 Å². The Labute approximate surface area is 182 Å². The fourth-order valence-electron chi connectivity index (χ4n) is 2.90. The zero-order valence-electron chi connectivity index (χ0n) is 16.4. The minimum absolute atomic E-state index is 0.0760. The van der Waals surface area contributed by atoms with Gasteiger partial charge in [-0.15, -0.1) is 11.3 Å². The summed E-state index contributed by atoms with van der Waals surface area (Å²) in [4.78, 5) is 46.6. The molecular weight excluding hydrogens is 418 g/mol. The van der Waals surface area contributed by atoms with Crippen molar-refractivity contribution in [1.29, 1.82) is 0 Å². The quantitative estimate of drug-likeness (QED) is 0.380. The number of imidazole rings is 1. The van der Waals surface area contributed by atoms with Crippen LogP contribution in [0.15, 0.2) is 48.2 Å². The van der Waals surface area contributed by atoms with Gasteiger partial charge in [-0.3, -0.25) is 9.59 Å². The lowest BCUT2D eigenvalue weighted by Gasteiger charge is -2.14. The molecule has 2 amide bonds. The molecule has 0 fully saturated rings. The minimum Gasteiger partial charge on any atom is -0.480 e. The number of allylic oxidation sites excluding steroid dienone is 1. The van der Waals surface area contributed by atoms with Crippen LogP contribution in [0.5, 0.6) is 0 Å². The van der Waals surface area contributed by atoms with Crippen molar-refractivity contribution >= 4 is 40.8 Å². The fourth-order valence-corrected chi connectivity index (χ4v) is 3.56. The second kappa shape index (κ2) is 10.3. The molecule has 0 saturated carbocycles. The molecule has 1 aromatic carbocycles. The number of carbonyl (C=O) groups excluding carboxylic acids is 2. The molecule has 3 rings (SSSR count). The van der Waals surface area contributed by atoms with Gasteiger partial charge in [-0.1, -0.05) is 12.1 Å². The molecule has 0 radical (unpaired) electrons. The number of aromatic nitrogens is 3. The second-order valence-electron chi connectivity index (χ2n) is 6.71. The van der Waals surface area contributed by atoms with Crippen LogP contribution in [-0.2, 0) is 16.0 Å². The molecule has 2 aromatic heterocycles. The predicted molar refractivity (Wildman–Crippen MR) is 116 cm³/mol. The summed E-state index contributed by atoms with van der Waals surface area (Å²) in [6, 6.07) is 5.61. The van der Waals surface area contributed by atoms with Gasteiger partial charge in [-0.05, 0) is 35.8 Å². The van der Waals surface area contributed by atoms with Crippen molar-refractivity contribution in [2.75, 3.05) is 0 Å². The third-order valence-electron chi connectivity index (χ3n) is 4.39. The summed E-state index contributed by atoms with van der Waals surface area (Å²) in [5.41, 5.74) is 7.06. The third kappa shape index (κ3) is 6.34. The molecule has 0 aliphatic heterocycles. The first-order chi connectivity index (χ1) is 14.9. The largest absolute Gasteiger partial charge is 0.480 e. The monoisotopic (exact) mass is 439 g/mol. The number of amides is 2. The molecule has 2 heterocycles. The molecule has 3 aromatic rings. The summed E-state index contributed by atoms with van der Waals surface area (Å²) in [5, 5.41) is 14.5. The third-order valence-corrected chi connectivity index (χ3v) is 5.24. The molecule has 0 aliphatic carbocycles. The van der Waals surface area contributed by atoms with Gasteiger partial charge >= 0.3 is 5.97 Å². The van der Waals surface area contributed by atoms with Gasteiger partial charge in [-0.2, -0.15) is 0 Å². The van der Waals surface area contributed by atoms with Gasteiger partial charge in [0.05, 0.1) is 0 Å². The van der Waals surface area contributed by atoms with Crippen molar-refractivity contribution < 1.29 is 19.5 Å². The first kappa shape index (κ1) is 21.9. The van der Waals surface area contributed by atoms with Crippen LogP contribution >= 0.6 is 11.3 Å². The van der Waals surface area contributed by atoms with E-state index in [4.69, 9.17) is 5.73 Å². The maximum atomic E-state index is 12.6. The highest BCUT2D eigenvalue weighted by Crippen LogP contribution is 2.24. The van der Waals surface area contributed by atoms with E-state index in [1.165, 1.54) is 11.3 Å². The molecule has 5 N–H and O–H groups in total. The lowest BCUT2D eigenvalue weighted by Crippen LogP contribution is -2.41. The van der Waals surface area contributed by atoms with Crippen LogP contribution < -0.4 is 11.1 Å². The molecular formula is C21H21N5O4S. The van der Waals surface area contributed by atoms with Gasteiger partial charge < -0.3 is 21.1 Å². The van der Waals surface area contributed by atoms with E-state index in [0.717, 1.165) is 22.0 Å². The van der Waals surface area contributed by atoms with Gasteiger partial charge in [0.15, 0.2) is 0 Å². The highest BCUT2D eigenvalue weighted by atomic mass is 32.1. The number of aliphatic carboxylic acids is 1. The lowest BCUT2D eigenvalue weighted by atomic mass is 10.0. The van der Waals surface area contributed by atoms with Crippen LogP contribution in [-0.4, -0.2) is 43.9 Å². The Morgan fingerprint density at radius 1 is 1.26 bits per heavy atom. The number of aromatic amines is 1. The van der Waals surface area contributed by atoms with Crippen molar-refractivity contribution in [3.63, 3.8) is 0 Å². The number of hydrogen-bond donors (Lipinski definition) is 4. The summed E-state index contributed by atoms with van der Waals surface area (Å²) in [6.07, 6.45) is 7.38. The van der Waals surface area contributed by atoms with Crippen molar-refractivity contribution in [2.45, 2.75) is 25.3 Å². The summed E-state index contributed by atoms with van der Waals surface area (Å²) in [5.74, 6) is -1.61. The zero-order valence-corrected chi connectivity index (χ0v) is 17.3. The van der Waals surface area contributed by atoms with E-state index in [1.54, 1.807) is 36.8 Å². The van der Waals surface area contributed by atoms with E-state index in [0.29, 0.717) is 12.0 Å². The Bertz CT molecular complexity index is 1080. The first-order valence-corrected chi connectivity index (χ1v) is 10.3. The second-order valence-corrected chi connectivity index (χ2v) is 7.61. The Kier molecular flexibility index (Phi) is 7.28. The molecule has 31 heavy (non-hydrogen) atoms. The zero-order chi connectivity index (χ0) is 22.2. The van der Waals surface area contributed by atoms with E-state index in [-0.39, 0.29) is 12.8 Å². The van der Waals surface area contributed by atoms with Gasteiger partial charge in [0.2, 0.25) is 5.91 Å². The Hall–Kier alpha value is -3.79. The van der Waals surface area contributed by atoms with Crippen molar-refractivity contribution in [1.82, 2.24) is 20.3 Å². The maximum Gasteiger partial charge on any atom is 0.326 e. The number of hydrogen-bond acceptors (Lipinski definition) is 6. The van der Waals surface area contributed by atoms with E-state index >= 15 is 0 Å². The van der Waals surface area contributed by atoms with E-state index in [9.17, 15) is 19.5 Å². The molecule has 0 unspecified atom stereocenters. The number of H-pyrrole nitrogens is 1. The minimum atomic E-state index is -1.23. The normalized spacial score (nSPS) is 12.3. The molecule has 1 atom stereocenters. The van der Waals surface area contributed by atoms with Crippen LogP contribution in [0.2, 0.25) is 0 Å². The molecule has 160 valence electrons. The number of carboxylic acid groups (broad SMARTS) is 1. The molecule has 0 bridgehead atoms. The van der Waals surface area contributed by atoms with Gasteiger partial charge in [0, 0.05) is 42.4 Å². The van der Waals surface area contributed by atoms with Crippen LogP contribution in [0.4, 0.5) is 0 Å².